The number of amides is 1. The van der Waals surface area contributed by atoms with Gasteiger partial charge < -0.3 is 5.32 Å². The van der Waals surface area contributed by atoms with E-state index in [4.69, 9.17) is 11.6 Å². The molecule has 0 unspecified atom stereocenters. The summed E-state index contributed by atoms with van der Waals surface area (Å²) in [7, 11) is 0. The molecule has 2 aromatic heterocycles. The smallest absolute Gasteiger partial charge is 0.251 e. The van der Waals surface area contributed by atoms with Gasteiger partial charge in [0.15, 0.2) is 0 Å². The maximum absolute atomic E-state index is 12.3. The average molecular weight is 400 g/mol. The molecule has 148 valence electrons. The second kappa shape index (κ2) is 8.61. The van der Waals surface area contributed by atoms with Crippen LogP contribution in [-0.2, 0) is 13.1 Å². The van der Waals surface area contributed by atoms with Crippen LogP contribution in [0, 0.1) is 27.7 Å². The molecule has 0 aliphatic carbocycles. The number of rotatable bonds is 7. The molecular weight excluding hydrogens is 374 g/mol. The van der Waals surface area contributed by atoms with E-state index >= 15 is 0 Å². The fraction of sp³-hybridized carbons (Fsp3) is 0.381. The highest BCUT2D eigenvalue weighted by Crippen LogP contribution is 2.20. The van der Waals surface area contributed by atoms with E-state index in [-0.39, 0.29) is 5.91 Å². The number of hydrogen-bond donors (Lipinski definition) is 1. The van der Waals surface area contributed by atoms with Crippen LogP contribution in [0.3, 0.4) is 0 Å². The SMILES string of the molecule is Cc1cc(C)n(CCCNC(=O)c2ccc(Cn3nc(C)c(Cl)c3C)cc2)n1. The summed E-state index contributed by atoms with van der Waals surface area (Å²) in [5, 5.41) is 12.5. The van der Waals surface area contributed by atoms with Gasteiger partial charge in [-0.1, -0.05) is 23.7 Å². The van der Waals surface area contributed by atoms with Crippen molar-refractivity contribution in [2.45, 2.75) is 47.2 Å². The fourth-order valence-electron chi connectivity index (χ4n) is 3.20. The molecule has 0 spiro atoms. The molecule has 1 N–H and O–H groups in total. The second-order valence-corrected chi connectivity index (χ2v) is 7.48. The summed E-state index contributed by atoms with van der Waals surface area (Å²) in [6, 6.07) is 9.66. The molecule has 6 nitrogen and oxygen atoms in total. The molecule has 0 aliphatic heterocycles. The minimum absolute atomic E-state index is 0.0610. The van der Waals surface area contributed by atoms with Gasteiger partial charge in [-0.25, -0.2) is 0 Å². The fourth-order valence-corrected chi connectivity index (χ4v) is 3.33. The topological polar surface area (TPSA) is 64.7 Å². The highest BCUT2D eigenvalue weighted by molar-refractivity contribution is 6.31. The third-order valence-corrected chi connectivity index (χ3v) is 5.32. The summed E-state index contributed by atoms with van der Waals surface area (Å²) in [5.74, 6) is -0.0610. The zero-order chi connectivity index (χ0) is 20.3. The van der Waals surface area contributed by atoms with Gasteiger partial charge >= 0.3 is 0 Å². The van der Waals surface area contributed by atoms with Gasteiger partial charge in [0.05, 0.1) is 28.6 Å². The van der Waals surface area contributed by atoms with E-state index in [0.717, 1.165) is 41.3 Å². The predicted octanol–water partition coefficient (Wildman–Crippen LogP) is 3.84. The van der Waals surface area contributed by atoms with Crippen molar-refractivity contribution < 1.29 is 4.79 Å². The highest BCUT2D eigenvalue weighted by Gasteiger charge is 2.10. The molecule has 2 heterocycles. The predicted molar refractivity (Wildman–Crippen MR) is 111 cm³/mol. The van der Waals surface area contributed by atoms with Crippen molar-refractivity contribution in [3.63, 3.8) is 0 Å². The summed E-state index contributed by atoms with van der Waals surface area (Å²) in [6.07, 6.45) is 0.838. The number of carbonyl (C=O) groups excluding carboxylic acids is 1. The molecular formula is C21H26ClN5O. The Kier molecular flexibility index (Phi) is 6.19. The first kappa shape index (κ1) is 20.1. The Hall–Kier alpha value is -2.60. The van der Waals surface area contributed by atoms with Gasteiger partial charge in [-0.15, -0.1) is 0 Å². The minimum Gasteiger partial charge on any atom is -0.352 e. The standard InChI is InChI=1S/C21H26ClN5O/c1-14-12-15(2)26(24-14)11-5-10-23-21(28)19-8-6-18(7-9-19)13-27-17(4)20(22)16(3)25-27/h6-9,12H,5,10-11,13H2,1-4H3,(H,23,28). The molecule has 28 heavy (non-hydrogen) atoms. The van der Waals surface area contributed by atoms with Crippen molar-refractivity contribution in [1.29, 1.82) is 0 Å². The molecule has 0 fully saturated rings. The Morgan fingerprint density at radius 3 is 2.36 bits per heavy atom. The van der Waals surface area contributed by atoms with Gasteiger partial charge in [-0.2, -0.15) is 10.2 Å². The van der Waals surface area contributed by atoms with Crippen molar-refractivity contribution in [1.82, 2.24) is 24.9 Å². The lowest BCUT2D eigenvalue weighted by Gasteiger charge is -2.08. The molecule has 1 aromatic carbocycles. The molecule has 0 saturated carbocycles. The Balaban J connectivity index is 1.50. The summed E-state index contributed by atoms with van der Waals surface area (Å²) in [4.78, 5) is 12.3. The summed E-state index contributed by atoms with van der Waals surface area (Å²) in [5.41, 5.74) is 5.66. The number of aryl methyl sites for hydroxylation is 4. The van der Waals surface area contributed by atoms with Crippen molar-refractivity contribution >= 4 is 17.5 Å². The summed E-state index contributed by atoms with van der Waals surface area (Å²) < 4.78 is 3.85. The maximum Gasteiger partial charge on any atom is 0.251 e. The van der Waals surface area contributed by atoms with E-state index in [1.54, 1.807) is 0 Å². The zero-order valence-electron chi connectivity index (χ0n) is 16.8. The number of nitrogens with zero attached hydrogens (tertiary/aromatic N) is 4. The van der Waals surface area contributed by atoms with E-state index in [2.05, 4.69) is 21.6 Å². The lowest BCUT2D eigenvalue weighted by Crippen LogP contribution is -2.25. The molecule has 7 heteroatoms. The number of nitrogens with one attached hydrogen (secondary N) is 1. The quantitative estimate of drug-likeness (QED) is 0.614. The van der Waals surface area contributed by atoms with E-state index in [1.807, 2.05) is 61.3 Å². The molecule has 0 radical (unpaired) electrons. The third kappa shape index (κ3) is 4.62. The first-order valence-corrected chi connectivity index (χ1v) is 9.80. The van der Waals surface area contributed by atoms with Crippen LogP contribution in [0.4, 0.5) is 0 Å². The van der Waals surface area contributed by atoms with Crippen molar-refractivity contribution in [3.05, 3.63) is 69.3 Å². The van der Waals surface area contributed by atoms with E-state index in [1.165, 1.54) is 0 Å². The molecule has 0 atom stereocenters. The number of aromatic nitrogens is 4. The van der Waals surface area contributed by atoms with Gasteiger partial charge in [0.25, 0.3) is 5.91 Å². The Morgan fingerprint density at radius 2 is 1.79 bits per heavy atom. The Bertz CT molecular complexity index is 972. The molecule has 0 aliphatic rings. The first-order chi connectivity index (χ1) is 13.3. The number of hydrogen-bond acceptors (Lipinski definition) is 3. The van der Waals surface area contributed by atoms with Crippen LogP contribution in [0.5, 0.6) is 0 Å². The van der Waals surface area contributed by atoms with Crippen molar-refractivity contribution in [3.8, 4) is 0 Å². The van der Waals surface area contributed by atoms with Crippen LogP contribution in [-0.4, -0.2) is 32.0 Å². The van der Waals surface area contributed by atoms with Crippen LogP contribution in [0.25, 0.3) is 0 Å². The van der Waals surface area contributed by atoms with Crippen LogP contribution >= 0.6 is 11.6 Å². The van der Waals surface area contributed by atoms with E-state index < -0.39 is 0 Å². The lowest BCUT2D eigenvalue weighted by molar-refractivity contribution is 0.0952. The molecule has 3 rings (SSSR count). The molecule has 0 bridgehead atoms. The molecule has 1 amide bonds. The maximum atomic E-state index is 12.3. The minimum atomic E-state index is -0.0610. The Morgan fingerprint density at radius 1 is 1.07 bits per heavy atom. The monoisotopic (exact) mass is 399 g/mol. The number of halogens is 1. The van der Waals surface area contributed by atoms with E-state index in [9.17, 15) is 4.79 Å². The normalized spacial score (nSPS) is 11.0. The summed E-state index contributed by atoms with van der Waals surface area (Å²) in [6.45, 7) is 9.92. The number of benzene rings is 1. The van der Waals surface area contributed by atoms with Crippen molar-refractivity contribution in [2.75, 3.05) is 6.54 Å². The average Bonchev–Trinajstić information content (AvgIpc) is 3.11. The van der Waals surface area contributed by atoms with Crippen LogP contribution in [0.2, 0.25) is 5.02 Å². The van der Waals surface area contributed by atoms with Gasteiger partial charge in [-0.05, 0) is 57.9 Å². The lowest BCUT2D eigenvalue weighted by atomic mass is 10.1. The molecule has 0 saturated heterocycles. The highest BCUT2D eigenvalue weighted by atomic mass is 35.5. The summed E-state index contributed by atoms with van der Waals surface area (Å²) >= 11 is 6.20. The van der Waals surface area contributed by atoms with Crippen LogP contribution in [0.15, 0.2) is 30.3 Å². The van der Waals surface area contributed by atoms with Crippen molar-refractivity contribution in [2.24, 2.45) is 0 Å². The van der Waals surface area contributed by atoms with Crippen LogP contribution < -0.4 is 5.32 Å². The van der Waals surface area contributed by atoms with Gasteiger partial charge in [-0.3, -0.25) is 14.2 Å². The largest absolute Gasteiger partial charge is 0.352 e. The van der Waals surface area contributed by atoms with E-state index in [0.29, 0.717) is 23.7 Å². The zero-order valence-corrected chi connectivity index (χ0v) is 17.5. The van der Waals surface area contributed by atoms with Gasteiger partial charge in [0.2, 0.25) is 0 Å². The van der Waals surface area contributed by atoms with Gasteiger partial charge in [0, 0.05) is 24.3 Å². The second-order valence-electron chi connectivity index (χ2n) is 7.10. The third-order valence-electron chi connectivity index (χ3n) is 4.78. The Labute approximate surface area is 170 Å². The molecule has 3 aromatic rings. The number of carbonyl (C=O) groups is 1. The first-order valence-electron chi connectivity index (χ1n) is 9.43. The van der Waals surface area contributed by atoms with Gasteiger partial charge in [0.1, 0.15) is 0 Å². The van der Waals surface area contributed by atoms with Crippen LogP contribution in [0.1, 0.15) is 45.1 Å².